The third-order valence-corrected chi connectivity index (χ3v) is 3.66. The molecule has 0 aromatic rings. The normalized spacial score (nSPS) is 44.8. The Labute approximate surface area is 86.8 Å². The lowest BCUT2D eigenvalue weighted by Gasteiger charge is -2.31. The number of hydrogen-bond donors (Lipinski definition) is 1. The van der Waals surface area contributed by atoms with Gasteiger partial charge in [0.05, 0.1) is 6.61 Å². The summed E-state index contributed by atoms with van der Waals surface area (Å²) in [6, 6.07) is 0.510. The third-order valence-electron chi connectivity index (χ3n) is 3.66. The molecule has 0 aromatic heterocycles. The van der Waals surface area contributed by atoms with Crippen molar-refractivity contribution in [3.8, 4) is 0 Å². The van der Waals surface area contributed by atoms with Gasteiger partial charge in [-0.3, -0.25) is 5.32 Å². The monoisotopic (exact) mass is 198 g/mol. The van der Waals surface area contributed by atoms with Crippen LogP contribution in [0.3, 0.4) is 0 Å². The minimum Gasteiger partial charge on any atom is -0.359 e. The van der Waals surface area contributed by atoms with Crippen LogP contribution in [0.25, 0.3) is 0 Å². The summed E-state index contributed by atoms with van der Waals surface area (Å²) in [5.41, 5.74) is -0.0661. The summed E-state index contributed by atoms with van der Waals surface area (Å²) >= 11 is 0. The van der Waals surface area contributed by atoms with Gasteiger partial charge in [0.25, 0.3) is 0 Å². The van der Waals surface area contributed by atoms with Gasteiger partial charge >= 0.3 is 0 Å². The van der Waals surface area contributed by atoms with Gasteiger partial charge in [-0.15, -0.1) is 0 Å². The van der Waals surface area contributed by atoms with Gasteiger partial charge in [-0.05, 0) is 33.4 Å². The van der Waals surface area contributed by atoms with Gasteiger partial charge in [0, 0.05) is 18.5 Å². The number of rotatable bonds is 2. The molecule has 2 saturated heterocycles. The molecule has 2 fully saturated rings. The molecule has 2 rings (SSSR count). The van der Waals surface area contributed by atoms with E-state index in [2.05, 4.69) is 31.0 Å². The second kappa shape index (κ2) is 3.80. The molecular formula is C11H22N2O. The molecule has 0 saturated carbocycles. The highest BCUT2D eigenvalue weighted by atomic mass is 16.5. The molecule has 3 nitrogen and oxygen atoms in total. The van der Waals surface area contributed by atoms with Crippen molar-refractivity contribution in [3.05, 3.63) is 0 Å². The Bertz CT molecular complexity index is 209. The Balaban J connectivity index is 1.95. The molecule has 14 heavy (non-hydrogen) atoms. The molecule has 0 spiro atoms. The summed E-state index contributed by atoms with van der Waals surface area (Å²) < 4.78 is 5.89. The molecule has 2 aliphatic heterocycles. The van der Waals surface area contributed by atoms with Crippen LogP contribution in [0.4, 0.5) is 0 Å². The van der Waals surface area contributed by atoms with Gasteiger partial charge in [-0.2, -0.15) is 0 Å². The van der Waals surface area contributed by atoms with Crippen molar-refractivity contribution < 1.29 is 4.74 Å². The molecule has 3 atom stereocenters. The van der Waals surface area contributed by atoms with E-state index in [-0.39, 0.29) is 5.72 Å². The summed E-state index contributed by atoms with van der Waals surface area (Å²) in [7, 11) is 0. The standard InChI is InChI=1S/C11H22N2O/c1-4-13-6-5-10(7-13)11(3)12-9(2)8-14-11/h9-10,12H,4-8H2,1-3H3. The van der Waals surface area contributed by atoms with Crippen LogP contribution in [0.2, 0.25) is 0 Å². The van der Waals surface area contributed by atoms with Crippen LogP contribution in [-0.2, 0) is 4.74 Å². The minimum atomic E-state index is -0.0661. The highest BCUT2D eigenvalue weighted by Gasteiger charge is 2.43. The largest absolute Gasteiger partial charge is 0.359 e. The van der Waals surface area contributed by atoms with Gasteiger partial charge in [-0.1, -0.05) is 6.92 Å². The first-order chi connectivity index (χ1) is 6.64. The van der Waals surface area contributed by atoms with Crippen molar-refractivity contribution in [3.63, 3.8) is 0 Å². The van der Waals surface area contributed by atoms with Crippen molar-refractivity contribution in [2.24, 2.45) is 5.92 Å². The SMILES string of the molecule is CCN1CCC(C2(C)NC(C)CO2)C1. The van der Waals surface area contributed by atoms with Crippen molar-refractivity contribution in [1.29, 1.82) is 0 Å². The summed E-state index contributed by atoms with van der Waals surface area (Å²) in [5, 5.41) is 3.57. The second-order valence-corrected chi connectivity index (χ2v) is 4.84. The van der Waals surface area contributed by atoms with Crippen molar-refractivity contribution in [1.82, 2.24) is 10.2 Å². The molecule has 3 heteroatoms. The van der Waals surface area contributed by atoms with Gasteiger partial charge in [0.1, 0.15) is 5.72 Å². The van der Waals surface area contributed by atoms with Crippen LogP contribution in [-0.4, -0.2) is 42.9 Å². The quantitative estimate of drug-likeness (QED) is 0.718. The molecule has 0 aromatic carbocycles. The van der Waals surface area contributed by atoms with Crippen molar-refractivity contribution in [2.45, 2.75) is 39.0 Å². The maximum absolute atomic E-state index is 5.89. The fourth-order valence-corrected chi connectivity index (χ4v) is 2.68. The summed E-state index contributed by atoms with van der Waals surface area (Å²) in [5.74, 6) is 0.660. The lowest BCUT2D eigenvalue weighted by Crippen LogP contribution is -2.48. The molecule has 2 aliphatic rings. The van der Waals surface area contributed by atoms with E-state index in [1.165, 1.54) is 26.1 Å². The Morgan fingerprint density at radius 2 is 2.36 bits per heavy atom. The number of ether oxygens (including phenoxy) is 1. The van der Waals surface area contributed by atoms with Crippen LogP contribution >= 0.6 is 0 Å². The Morgan fingerprint density at radius 3 is 2.86 bits per heavy atom. The first kappa shape index (κ1) is 10.4. The predicted octanol–water partition coefficient (Wildman–Crippen LogP) is 1.05. The zero-order valence-electron chi connectivity index (χ0n) is 9.55. The zero-order chi connectivity index (χ0) is 10.2. The summed E-state index contributed by atoms with van der Waals surface area (Å²) in [6.07, 6.45) is 1.27. The maximum atomic E-state index is 5.89. The number of hydrogen-bond acceptors (Lipinski definition) is 3. The minimum absolute atomic E-state index is 0.0661. The average molecular weight is 198 g/mol. The smallest absolute Gasteiger partial charge is 0.120 e. The van der Waals surface area contributed by atoms with E-state index in [0.29, 0.717) is 12.0 Å². The Morgan fingerprint density at radius 1 is 1.57 bits per heavy atom. The molecule has 0 amide bonds. The van der Waals surface area contributed by atoms with E-state index in [4.69, 9.17) is 4.74 Å². The number of nitrogens with one attached hydrogen (secondary N) is 1. The molecule has 82 valence electrons. The van der Waals surface area contributed by atoms with E-state index in [0.717, 1.165) is 6.61 Å². The molecule has 0 radical (unpaired) electrons. The molecule has 3 unspecified atom stereocenters. The van der Waals surface area contributed by atoms with E-state index in [1.54, 1.807) is 0 Å². The Kier molecular flexibility index (Phi) is 2.82. The van der Waals surface area contributed by atoms with Crippen LogP contribution < -0.4 is 5.32 Å². The number of nitrogens with zero attached hydrogens (tertiary/aromatic N) is 1. The van der Waals surface area contributed by atoms with Crippen LogP contribution in [0.15, 0.2) is 0 Å². The molecular weight excluding hydrogens is 176 g/mol. The first-order valence-electron chi connectivity index (χ1n) is 5.78. The molecule has 2 heterocycles. The highest BCUT2D eigenvalue weighted by Crippen LogP contribution is 2.31. The van der Waals surface area contributed by atoms with Crippen molar-refractivity contribution in [2.75, 3.05) is 26.2 Å². The number of likely N-dealkylation sites (tertiary alicyclic amines) is 1. The highest BCUT2D eigenvalue weighted by molar-refractivity contribution is 4.93. The van der Waals surface area contributed by atoms with Crippen molar-refractivity contribution >= 4 is 0 Å². The van der Waals surface area contributed by atoms with E-state index in [9.17, 15) is 0 Å². The summed E-state index contributed by atoms with van der Waals surface area (Å²) in [4.78, 5) is 2.50. The van der Waals surface area contributed by atoms with E-state index < -0.39 is 0 Å². The molecule has 0 bridgehead atoms. The summed E-state index contributed by atoms with van der Waals surface area (Å²) in [6.45, 7) is 11.1. The van der Waals surface area contributed by atoms with Gasteiger partial charge < -0.3 is 9.64 Å². The van der Waals surface area contributed by atoms with E-state index in [1.807, 2.05) is 0 Å². The second-order valence-electron chi connectivity index (χ2n) is 4.84. The lowest BCUT2D eigenvalue weighted by atomic mass is 9.96. The fraction of sp³-hybridized carbons (Fsp3) is 1.00. The molecule has 0 aliphatic carbocycles. The maximum Gasteiger partial charge on any atom is 0.120 e. The zero-order valence-corrected chi connectivity index (χ0v) is 9.55. The van der Waals surface area contributed by atoms with E-state index >= 15 is 0 Å². The van der Waals surface area contributed by atoms with Crippen LogP contribution in [0, 0.1) is 5.92 Å². The fourth-order valence-electron chi connectivity index (χ4n) is 2.68. The molecule has 1 N–H and O–H groups in total. The predicted molar refractivity (Wildman–Crippen MR) is 57.2 cm³/mol. The van der Waals surface area contributed by atoms with Crippen LogP contribution in [0.5, 0.6) is 0 Å². The first-order valence-corrected chi connectivity index (χ1v) is 5.78. The van der Waals surface area contributed by atoms with Gasteiger partial charge in [0.15, 0.2) is 0 Å². The van der Waals surface area contributed by atoms with Gasteiger partial charge in [-0.25, -0.2) is 0 Å². The third kappa shape index (κ3) is 1.81. The average Bonchev–Trinajstić information content (AvgIpc) is 2.73. The Hall–Kier alpha value is -0.120. The van der Waals surface area contributed by atoms with Gasteiger partial charge in [0.2, 0.25) is 0 Å². The van der Waals surface area contributed by atoms with Crippen LogP contribution in [0.1, 0.15) is 27.2 Å². The topological polar surface area (TPSA) is 24.5 Å². The lowest BCUT2D eigenvalue weighted by molar-refractivity contribution is -0.0394.